The second-order valence-corrected chi connectivity index (χ2v) is 10.4. The average Bonchev–Trinajstić information content (AvgIpc) is 2.70. The van der Waals surface area contributed by atoms with E-state index in [-0.39, 0.29) is 11.4 Å². The third kappa shape index (κ3) is 7.67. The number of phosphoric acid groups is 1. The van der Waals surface area contributed by atoms with Gasteiger partial charge in [0.2, 0.25) is 0 Å². The van der Waals surface area contributed by atoms with Gasteiger partial charge in [0.25, 0.3) is 7.82 Å². The fourth-order valence-corrected chi connectivity index (χ4v) is 4.50. The Bertz CT molecular complexity index is 409. The van der Waals surface area contributed by atoms with E-state index in [9.17, 15) is 9.46 Å². The zero-order chi connectivity index (χ0) is 17.7. The summed E-state index contributed by atoms with van der Waals surface area (Å²) in [7, 11) is 7.10. The Labute approximate surface area is 146 Å². The van der Waals surface area contributed by atoms with Crippen LogP contribution in [0.4, 0.5) is 0 Å². The maximum Gasteiger partial charge on any atom is 0.268 e. The summed E-state index contributed by atoms with van der Waals surface area (Å²) in [6.07, 6.45) is -2.31. The molecule has 1 aliphatic heterocycles. The van der Waals surface area contributed by atoms with Gasteiger partial charge in [0.15, 0.2) is 0 Å². The van der Waals surface area contributed by atoms with Crippen molar-refractivity contribution in [1.82, 2.24) is 0 Å². The van der Waals surface area contributed by atoms with Crippen LogP contribution in [0.3, 0.4) is 0 Å². The van der Waals surface area contributed by atoms with E-state index in [2.05, 4.69) is 25.3 Å². The molecule has 0 amide bonds. The van der Waals surface area contributed by atoms with Crippen molar-refractivity contribution in [2.75, 3.05) is 26.8 Å². The molecule has 0 aromatic carbocycles. The number of methoxy groups -OCH3 is 1. The van der Waals surface area contributed by atoms with Crippen LogP contribution in [0.2, 0.25) is 0 Å². The Hall–Kier alpha value is 0.755. The summed E-state index contributed by atoms with van der Waals surface area (Å²) < 4.78 is 37.3. The van der Waals surface area contributed by atoms with Crippen LogP contribution in [0.15, 0.2) is 0 Å². The molecule has 2 radical (unpaired) electrons. The Balaban J connectivity index is 2.66. The predicted octanol–water partition coefficient (Wildman–Crippen LogP) is 1.55. The van der Waals surface area contributed by atoms with Gasteiger partial charge in [0.1, 0.15) is 32.1 Å². The summed E-state index contributed by atoms with van der Waals surface area (Å²) in [5, 5.41) is 0. The molecule has 23 heavy (non-hydrogen) atoms. The lowest BCUT2D eigenvalue weighted by Gasteiger charge is -2.30. The van der Waals surface area contributed by atoms with E-state index in [1.807, 2.05) is 0 Å². The second-order valence-electron chi connectivity index (χ2n) is 5.86. The standard InChI is InChI=1S/C12H24BO7PS2/c1-12(2,3)23-22-7-18-10-9(20-21(14,15)17-5)8(6-16-4)19-11(10)13/h8-11H,6-7H2,1-5H3,(H,14,15)/p-1/t8-,9+,10?,11-/m1/s1. The number of ether oxygens (including phenoxy) is 3. The molecule has 0 spiro atoms. The topological polar surface area (TPSA) is 86.3 Å². The first-order valence-electron chi connectivity index (χ1n) is 6.97. The fraction of sp³-hybridized carbons (Fsp3) is 1.00. The molecule has 5 atom stereocenters. The lowest BCUT2D eigenvalue weighted by atomic mass is 9.93. The normalized spacial score (nSPS) is 31.2. The summed E-state index contributed by atoms with van der Waals surface area (Å²) in [5.41, 5.74) is 0. The maximum atomic E-state index is 11.6. The van der Waals surface area contributed by atoms with Gasteiger partial charge in [-0.05, 0) is 0 Å². The lowest BCUT2D eigenvalue weighted by Crippen LogP contribution is -2.39. The molecular formula is C12H23BO7PS2-. The van der Waals surface area contributed by atoms with Crippen LogP contribution in [-0.2, 0) is 27.8 Å². The fourth-order valence-electron chi connectivity index (χ4n) is 1.87. The minimum absolute atomic E-state index is 0.0809. The zero-order valence-corrected chi connectivity index (χ0v) is 16.4. The molecule has 0 N–H and O–H groups in total. The van der Waals surface area contributed by atoms with Crippen molar-refractivity contribution in [3.8, 4) is 0 Å². The van der Waals surface area contributed by atoms with Crippen molar-refractivity contribution >= 4 is 37.3 Å². The summed E-state index contributed by atoms with van der Waals surface area (Å²) >= 11 is 0. The van der Waals surface area contributed by atoms with Gasteiger partial charge in [-0.25, -0.2) is 0 Å². The van der Waals surface area contributed by atoms with Gasteiger partial charge in [-0.15, -0.1) is 0 Å². The summed E-state index contributed by atoms with van der Waals surface area (Å²) in [6.45, 7) is 6.39. The lowest BCUT2D eigenvalue weighted by molar-refractivity contribution is -0.231. The second kappa shape index (κ2) is 9.45. The first kappa shape index (κ1) is 21.8. The molecule has 1 heterocycles. The van der Waals surface area contributed by atoms with Crippen LogP contribution in [0, 0.1) is 0 Å². The molecule has 0 bridgehead atoms. The van der Waals surface area contributed by atoms with Gasteiger partial charge in [-0.2, -0.15) is 0 Å². The SMILES string of the molecule is [B][C@@H]1O[C@H](COC)[C@H](OP(=O)([O-])OC)C1OCSSC(C)(C)C. The van der Waals surface area contributed by atoms with Crippen LogP contribution in [0.25, 0.3) is 0 Å². The Morgan fingerprint density at radius 2 is 1.96 bits per heavy atom. The summed E-state index contributed by atoms with van der Waals surface area (Å²) in [6, 6.07) is -0.808. The van der Waals surface area contributed by atoms with Crippen molar-refractivity contribution in [1.29, 1.82) is 0 Å². The van der Waals surface area contributed by atoms with E-state index in [1.54, 1.807) is 10.8 Å². The Morgan fingerprint density at radius 3 is 2.48 bits per heavy atom. The van der Waals surface area contributed by atoms with E-state index in [0.29, 0.717) is 5.94 Å². The molecule has 1 rings (SSSR count). The van der Waals surface area contributed by atoms with Crippen LogP contribution in [0.5, 0.6) is 0 Å². The highest BCUT2D eigenvalue weighted by Gasteiger charge is 2.45. The molecule has 11 heteroatoms. The first-order chi connectivity index (χ1) is 10.6. The van der Waals surface area contributed by atoms with Crippen LogP contribution in [-0.4, -0.2) is 63.7 Å². The number of hydrogen-bond acceptors (Lipinski definition) is 9. The van der Waals surface area contributed by atoms with Crippen molar-refractivity contribution in [2.24, 2.45) is 0 Å². The molecule has 2 unspecified atom stereocenters. The highest BCUT2D eigenvalue weighted by atomic mass is 33.1. The third-order valence-corrected chi connectivity index (χ3v) is 6.71. The van der Waals surface area contributed by atoms with Gasteiger partial charge in [-0.3, -0.25) is 4.57 Å². The quantitative estimate of drug-likeness (QED) is 0.193. The highest BCUT2D eigenvalue weighted by Crippen LogP contribution is 2.43. The molecule has 0 saturated carbocycles. The molecule has 0 aromatic heterocycles. The van der Waals surface area contributed by atoms with E-state index in [4.69, 9.17) is 26.6 Å². The number of phosphoric ester groups is 1. The van der Waals surface area contributed by atoms with Gasteiger partial charge < -0.3 is 28.2 Å². The zero-order valence-electron chi connectivity index (χ0n) is 13.9. The first-order valence-corrected chi connectivity index (χ1v) is 10.7. The number of rotatable bonds is 9. The largest absolute Gasteiger partial charge is 0.756 e. The average molecular weight is 385 g/mol. The van der Waals surface area contributed by atoms with E-state index >= 15 is 0 Å². The molecule has 134 valence electrons. The van der Waals surface area contributed by atoms with Gasteiger partial charge in [0.05, 0.1) is 6.61 Å². The predicted molar refractivity (Wildman–Crippen MR) is 90.5 cm³/mol. The van der Waals surface area contributed by atoms with E-state index in [1.165, 1.54) is 17.9 Å². The van der Waals surface area contributed by atoms with E-state index in [0.717, 1.165) is 7.11 Å². The van der Waals surface area contributed by atoms with E-state index < -0.39 is 32.1 Å². The Kier molecular flexibility index (Phi) is 8.96. The summed E-state index contributed by atoms with van der Waals surface area (Å²) in [5.74, 6) is 0.319. The minimum atomic E-state index is -4.45. The van der Waals surface area contributed by atoms with Gasteiger partial charge >= 0.3 is 0 Å². The Morgan fingerprint density at radius 1 is 1.30 bits per heavy atom. The number of hydrogen-bond donors (Lipinski definition) is 0. The minimum Gasteiger partial charge on any atom is -0.756 e. The smallest absolute Gasteiger partial charge is 0.268 e. The third-order valence-electron chi connectivity index (χ3n) is 2.77. The van der Waals surface area contributed by atoms with Crippen LogP contribution in [0.1, 0.15) is 20.8 Å². The van der Waals surface area contributed by atoms with Crippen LogP contribution >= 0.6 is 29.4 Å². The molecule has 7 nitrogen and oxygen atoms in total. The van der Waals surface area contributed by atoms with Gasteiger partial charge in [0, 0.05) is 25.0 Å². The molecule has 1 aliphatic rings. The molecule has 0 aliphatic carbocycles. The van der Waals surface area contributed by atoms with Gasteiger partial charge in [-0.1, -0.05) is 42.4 Å². The van der Waals surface area contributed by atoms with Crippen LogP contribution < -0.4 is 4.89 Å². The molecule has 0 aromatic rings. The molecule has 1 fully saturated rings. The molecular weight excluding hydrogens is 362 g/mol. The van der Waals surface area contributed by atoms with Crippen molar-refractivity contribution in [3.05, 3.63) is 0 Å². The monoisotopic (exact) mass is 385 g/mol. The maximum absolute atomic E-state index is 11.6. The highest BCUT2D eigenvalue weighted by molar-refractivity contribution is 8.77. The van der Waals surface area contributed by atoms with Crippen molar-refractivity contribution in [3.63, 3.8) is 0 Å². The van der Waals surface area contributed by atoms with Crippen molar-refractivity contribution < 1.29 is 32.7 Å². The van der Waals surface area contributed by atoms with Crippen molar-refractivity contribution in [2.45, 2.75) is 49.8 Å². The molecule has 1 saturated heterocycles. The summed E-state index contributed by atoms with van der Waals surface area (Å²) in [4.78, 5) is 11.6.